The summed E-state index contributed by atoms with van der Waals surface area (Å²) < 4.78 is 1.71. The van der Waals surface area contributed by atoms with Crippen molar-refractivity contribution in [1.82, 2.24) is 20.4 Å². The fourth-order valence-corrected chi connectivity index (χ4v) is 3.24. The summed E-state index contributed by atoms with van der Waals surface area (Å²) in [5, 5.41) is 10.4. The Labute approximate surface area is 167 Å². The van der Waals surface area contributed by atoms with Crippen LogP contribution in [0.5, 0.6) is 0 Å². The normalized spacial score (nSPS) is 15.5. The third-order valence-corrected chi connectivity index (χ3v) is 4.57. The zero-order chi connectivity index (χ0) is 16.9. The first-order chi connectivity index (χ1) is 11.7. The van der Waals surface area contributed by atoms with Gasteiger partial charge in [0, 0.05) is 43.6 Å². The van der Waals surface area contributed by atoms with Crippen LogP contribution in [0.25, 0.3) is 0 Å². The maximum Gasteiger partial charge on any atom is 0.242 e. The van der Waals surface area contributed by atoms with Crippen molar-refractivity contribution in [3.8, 4) is 0 Å². The van der Waals surface area contributed by atoms with Gasteiger partial charge in [-0.25, -0.2) is 0 Å². The third-order valence-electron chi connectivity index (χ3n) is 4.57. The number of hydrogen-bond donors (Lipinski definition) is 2. The van der Waals surface area contributed by atoms with E-state index in [1.165, 1.54) is 5.69 Å². The fraction of sp³-hybridized carbons (Fsp3) is 0.444. The zero-order valence-corrected chi connectivity index (χ0v) is 16.7. The lowest BCUT2D eigenvalue weighted by Gasteiger charge is -2.34. The number of aromatic nitrogens is 2. The average molecular weight is 400 g/mol. The van der Waals surface area contributed by atoms with Crippen LogP contribution < -0.4 is 15.5 Å². The molecule has 3 rings (SSSR count). The average Bonchev–Trinajstić information content (AvgIpc) is 3.03. The Balaban J connectivity index is 0.00000169. The largest absolute Gasteiger partial charge is 0.371 e. The lowest BCUT2D eigenvalue weighted by Crippen LogP contribution is -2.47. The van der Waals surface area contributed by atoms with Crippen molar-refractivity contribution < 1.29 is 4.79 Å². The number of rotatable bonds is 5. The smallest absolute Gasteiger partial charge is 0.242 e. The van der Waals surface area contributed by atoms with Gasteiger partial charge in [-0.3, -0.25) is 9.48 Å². The molecule has 0 radical (unpaired) electrons. The molecule has 8 heteroatoms. The summed E-state index contributed by atoms with van der Waals surface area (Å²) >= 11 is 0. The summed E-state index contributed by atoms with van der Waals surface area (Å²) in [7, 11) is 3.66. The quantitative estimate of drug-likeness (QED) is 0.809. The number of aryl methyl sites for hydroxylation is 1. The number of nitrogens with zero attached hydrogens (tertiary/aromatic N) is 3. The van der Waals surface area contributed by atoms with E-state index >= 15 is 0 Å². The van der Waals surface area contributed by atoms with Gasteiger partial charge < -0.3 is 15.5 Å². The first kappa shape index (κ1) is 22.3. The van der Waals surface area contributed by atoms with Crippen LogP contribution in [0, 0.1) is 0 Å². The SMILES string of the molecule is CNC(C(=O)NC1CCN(c2ccccc2)CC1)c1cnn(C)c1.Cl.Cl. The number of anilines is 1. The molecule has 1 saturated heterocycles. The van der Waals surface area contributed by atoms with Gasteiger partial charge in [0.15, 0.2) is 0 Å². The molecule has 1 unspecified atom stereocenters. The third kappa shape index (κ3) is 5.37. The Morgan fingerprint density at radius 3 is 2.38 bits per heavy atom. The van der Waals surface area contributed by atoms with Gasteiger partial charge in [-0.1, -0.05) is 18.2 Å². The van der Waals surface area contributed by atoms with Gasteiger partial charge in [0.1, 0.15) is 6.04 Å². The Hall–Kier alpha value is -1.76. The van der Waals surface area contributed by atoms with Gasteiger partial charge in [-0.05, 0) is 32.0 Å². The highest BCUT2D eigenvalue weighted by molar-refractivity contribution is 5.85. The van der Waals surface area contributed by atoms with Gasteiger partial charge in [-0.15, -0.1) is 24.8 Å². The molecule has 1 aliphatic heterocycles. The van der Waals surface area contributed by atoms with Gasteiger partial charge in [0.2, 0.25) is 5.91 Å². The van der Waals surface area contributed by atoms with Crippen molar-refractivity contribution in [3.63, 3.8) is 0 Å². The van der Waals surface area contributed by atoms with Gasteiger partial charge in [0.05, 0.1) is 6.20 Å². The maximum absolute atomic E-state index is 12.6. The van der Waals surface area contributed by atoms with Gasteiger partial charge in [0.25, 0.3) is 0 Å². The molecule has 1 amide bonds. The van der Waals surface area contributed by atoms with Crippen molar-refractivity contribution in [1.29, 1.82) is 0 Å². The second kappa shape index (κ2) is 10.4. The van der Waals surface area contributed by atoms with E-state index in [0.717, 1.165) is 31.5 Å². The minimum atomic E-state index is -0.356. The van der Waals surface area contributed by atoms with E-state index in [9.17, 15) is 4.79 Å². The van der Waals surface area contributed by atoms with E-state index in [1.54, 1.807) is 17.9 Å². The highest BCUT2D eigenvalue weighted by Gasteiger charge is 2.25. The van der Waals surface area contributed by atoms with Crippen LogP contribution in [0.4, 0.5) is 5.69 Å². The molecule has 144 valence electrons. The molecule has 2 N–H and O–H groups in total. The molecule has 0 bridgehead atoms. The molecule has 0 aliphatic carbocycles. The van der Waals surface area contributed by atoms with Crippen LogP contribution in [0.15, 0.2) is 42.7 Å². The number of benzene rings is 1. The number of halogens is 2. The number of carbonyl (C=O) groups excluding carboxylic acids is 1. The van der Waals surface area contributed by atoms with Crippen LogP contribution in [0.2, 0.25) is 0 Å². The molecule has 26 heavy (non-hydrogen) atoms. The first-order valence-electron chi connectivity index (χ1n) is 8.43. The molecule has 1 aromatic carbocycles. The van der Waals surface area contributed by atoms with E-state index in [0.29, 0.717) is 0 Å². The number of para-hydroxylation sites is 1. The van der Waals surface area contributed by atoms with Crippen LogP contribution in [-0.2, 0) is 11.8 Å². The molecule has 1 atom stereocenters. The maximum atomic E-state index is 12.6. The summed E-state index contributed by atoms with van der Waals surface area (Å²) in [5.74, 6) is 0.0173. The van der Waals surface area contributed by atoms with Crippen LogP contribution >= 0.6 is 24.8 Å². The lowest BCUT2D eigenvalue weighted by molar-refractivity contribution is -0.124. The number of piperidine rings is 1. The van der Waals surface area contributed by atoms with Crippen molar-refractivity contribution in [3.05, 3.63) is 48.3 Å². The fourth-order valence-electron chi connectivity index (χ4n) is 3.24. The number of carbonyl (C=O) groups is 1. The van der Waals surface area contributed by atoms with Gasteiger partial charge in [-0.2, -0.15) is 5.10 Å². The molecule has 1 aromatic heterocycles. The Bertz CT molecular complexity index is 671. The van der Waals surface area contributed by atoms with E-state index in [2.05, 4.69) is 44.9 Å². The number of hydrogen-bond acceptors (Lipinski definition) is 4. The molecule has 0 spiro atoms. The topological polar surface area (TPSA) is 62.2 Å². The molecular formula is C18H27Cl2N5O. The van der Waals surface area contributed by atoms with Crippen molar-refractivity contribution in [2.45, 2.75) is 24.9 Å². The van der Waals surface area contributed by atoms with E-state index in [4.69, 9.17) is 0 Å². The van der Waals surface area contributed by atoms with Crippen LogP contribution in [0.3, 0.4) is 0 Å². The Morgan fingerprint density at radius 2 is 1.85 bits per heavy atom. The summed E-state index contributed by atoms with van der Waals surface area (Å²) in [6.07, 6.45) is 5.53. The highest BCUT2D eigenvalue weighted by Crippen LogP contribution is 2.20. The molecule has 2 heterocycles. The second-order valence-corrected chi connectivity index (χ2v) is 6.27. The molecule has 1 fully saturated rings. The van der Waals surface area contributed by atoms with Crippen molar-refractivity contribution >= 4 is 36.4 Å². The number of nitrogens with one attached hydrogen (secondary N) is 2. The van der Waals surface area contributed by atoms with Crippen molar-refractivity contribution in [2.75, 3.05) is 25.0 Å². The lowest BCUT2D eigenvalue weighted by atomic mass is 10.0. The number of likely N-dealkylation sites (N-methyl/N-ethyl adjacent to an activating group) is 1. The summed E-state index contributed by atoms with van der Waals surface area (Å²) in [5.41, 5.74) is 2.14. The van der Waals surface area contributed by atoms with E-state index < -0.39 is 0 Å². The molecule has 0 saturated carbocycles. The summed E-state index contributed by atoms with van der Waals surface area (Å²) in [6, 6.07) is 10.3. The van der Waals surface area contributed by atoms with Crippen LogP contribution in [-0.4, -0.2) is 41.9 Å². The zero-order valence-electron chi connectivity index (χ0n) is 15.1. The van der Waals surface area contributed by atoms with Crippen LogP contribution in [0.1, 0.15) is 24.4 Å². The first-order valence-corrected chi connectivity index (χ1v) is 8.43. The Morgan fingerprint density at radius 1 is 1.19 bits per heavy atom. The monoisotopic (exact) mass is 399 g/mol. The molecular weight excluding hydrogens is 373 g/mol. The second-order valence-electron chi connectivity index (χ2n) is 6.27. The van der Waals surface area contributed by atoms with Gasteiger partial charge >= 0.3 is 0 Å². The predicted octanol–water partition coefficient (Wildman–Crippen LogP) is 2.31. The molecule has 2 aromatic rings. The molecule has 1 aliphatic rings. The van der Waals surface area contributed by atoms with E-state index in [-0.39, 0.29) is 42.8 Å². The van der Waals surface area contributed by atoms with Crippen molar-refractivity contribution in [2.24, 2.45) is 7.05 Å². The summed E-state index contributed by atoms with van der Waals surface area (Å²) in [6.45, 7) is 1.93. The van der Waals surface area contributed by atoms with E-state index in [1.807, 2.05) is 19.3 Å². The summed E-state index contributed by atoms with van der Waals surface area (Å²) in [4.78, 5) is 15.0. The minimum absolute atomic E-state index is 0. The highest BCUT2D eigenvalue weighted by atomic mass is 35.5. The number of amides is 1. The minimum Gasteiger partial charge on any atom is -0.371 e. The predicted molar refractivity (Wildman–Crippen MR) is 109 cm³/mol. The Kier molecular flexibility index (Phi) is 8.92. The standard InChI is InChI=1S/C18H25N5O.2ClH/c1-19-17(14-12-20-22(2)13-14)18(24)21-15-8-10-23(11-9-15)16-6-4-3-5-7-16;;/h3-7,12-13,15,17,19H,8-11H2,1-2H3,(H,21,24);2*1H. The molecule has 6 nitrogen and oxygen atoms in total.